The highest BCUT2D eigenvalue weighted by Crippen LogP contribution is 2.23. The smallest absolute Gasteiger partial charge is 0.240 e. The summed E-state index contributed by atoms with van der Waals surface area (Å²) in [4.78, 5) is 24.8. The number of benzene rings is 1. The molecule has 4 N–H and O–H groups in total. The highest BCUT2D eigenvalue weighted by molar-refractivity contribution is 5.87. The van der Waals surface area contributed by atoms with E-state index in [0.29, 0.717) is 5.92 Å². The Morgan fingerprint density at radius 3 is 2.39 bits per heavy atom. The highest BCUT2D eigenvalue weighted by Gasteiger charge is 2.26. The van der Waals surface area contributed by atoms with Crippen LogP contribution < -0.4 is 11.5 Å². The lowest BCUT2D eigenvalue weighted by molar-refractivity contribution is -0.135. The lowest BCUT2D eigenvalue weighted by Gasteiger charge is -2.33. The minimum atomic E-state index is -0.795. The zero-order valence-corrected chi connectivity index (χ0v) is 13.8. The van der Waals surface area contributed by atoms with E-state index in [-0.39, 0.29) is 12.3 Å². The predicted molar refractivity (Wildman–Crippen MR) is 90.6 cm³/mol. The molecule has 23 heavy (non-hydrogen) atoms. The molecule has 1 saturated heterocycles. The molecule has 2 amide bonds. The van der Waals surface area contributed by atoms with Crippen LogP contribution in [0.2, 0.25) is 0 Å². The summed E-state index contributed by atoms with van der Waals surface area (Å²) in [5, 5.41) is 0. The first kappa shape index (κ1) is 17.5. The molecule has 5 nitrogen and oxygen atoms in total. The molecule has 1 aliphatic heterocycles. The molecule has 0 spiro atoms. The Balaban J connectivity index is 1.74. The lowest BCUT2D eigenvalue weighted by Crippen LogP contribution is -2.48. The summed E-state index contributed by atoms with van der Waals surface area (Å²) >= 11 is 0. The summed E-state index contributed by atoms with van der Waals surface area (Å²) in [6, 6.07) is 7.89. The first-order chi connectivity index (χ1) is 11.0. The lowest BCUT2D eigenvalue weighted by atomic mass is 9.90. The number of nitrogens with two attached hydrogens (primary N) is 2. The first-order valence-electron chi connectivity index (χ1n) is 8.34. The van der Waals surface area contributed by atoms with Crippen LogP contribution in [0.5, 0.6) is 0 Å². The van der Waals surface area contributed by atoms with Crippen LogP contribution in [-0.2, 0) is 16.0 Å². The number of nitrogens with zero attached hydrogens (tertiary/aromatic N) is 1. The fourth-order valence-corrected chi connectivity index (χ4v) is 3.11. The molecule has 1 aliphatic rings. The van der Waals surface area contributed by atoms with E-state index in [1.54, 1.807) is 4.90 Å². The van der Waals surface area contributed by atoms with E-state index >= 15 is 0 Å². The van der Waals surface area contributed by atoms with Gasteiger partial charge in [-0.05, 0) is 44.1 Å². The van der Waals surface area contributed by atoms with E-state index in [1.807, 2.05) is 0 Å². The Morgan fingerprint density at radius 2 is 1.83 bits per heavy atom. The van der Waals surface area contributed by atoms with Crippen LogP contribution in [0.3, 0.4) is 0 Å². The zero-order chi connectivity index (χ0) is 16.8. The molecule has 2 rings (SSSR count). The second-order valence-corrected chi connectivity index (χ2v) is 6.57. The van der Waals surface area contributed by atoms with E-state index in [1.165, 1.54) is 11.1 Å². The maximum atomic E-state index is 12.1. The predicted octanol–water partition coefficient (Wildman–Crippen LogP) is 1.37. The van der Waals surface area contributed by atoms with Gasteiger partial charge < -0.3 is 16.4 Å². The van der Waals surface area contributed by atoms with Gasteiger partial charge in [0.15, 0.2) is 0 Å². The Kier molecular flexibility index (Phi) is 6.16. The number of piperidine rings is 1. The Labute approximate surface area is 138 Å². The van der Waals surface area contributed by atoms with Gasteiger partial charge in [-0.25, -0.2) is 0 Å². The molecule has 0 aliphatic carbocycles. The SMILES string of the molecule is Cc1ccc(CCC2CCN(C(=O)C(N)CC(N)=O)CC2)cc1. The zero-order valence-electron chi connectivity index (χ0n) is 13.8. The molecule has 5 heteroatoms. The van der Waals surface area contributed by atoms with Gasteiger partial charge in [-0.15, -0.1) is 0 Å². The van der Waals surface area contributed by atoms with Gasteiger partial charge >= 0.3 is 0 Å². The maximum Gasteiger partial charge on any atom is 0.240 e. The monoisotopic (exact) mass is 317 g/mol. The molecule has 1 aromatic carbocycles. The topological polar surface area (TPSA) is 89.4 Å². The van der Waals surface area contributed by atoms with Crippen LogP contribution in [-0.4, -0.2) is 35.8 Å². The minimum absolute atomic E-state index is 0.0772. The normalized spacial score (nSPS) is 17.0. The van der Waals surface area contributed by atoms with Crippen LogP contribution >= 0.6 is 0 Å². The Bertz CT molecular complexity index is 534. The van der Waals surface area contributed by atoms with Crippen molar-refractivity contribution in [3.63, 3.8) is 0 Å². The molecule has 0 radical (unpaired) electrons. The third kappa shape index (κ3) is 5.36. The average Bonchev–Trinajstić information content (AvgIpc) is 2.53. The van der Waals surface area contributed by atoms with Gasteiger partial charge in [0, 0.05) is 13.1 Å². The van der Waals surface area contributed by atoms with E-state index in [2.05, 4.69) is 31.2 Å². The number of hydrogen-bond acceptors (Lipinski definition) is 3. The van der Waals surface area contributed by atoms with Crippen molar-refractivity contribution in [3.8, 4) is 0 Å². The fraction of sp³-hybridized carbons (Fsp3) is 0.556. The van der Waals surface area contributed by atoms with Gasteiger partial charge in [0.05, 0.1) is 12.5 Å². The van der Waals surface area contributed by atoms with Crippen molar-refractivity contribution in [1.29, 1.82) is 0 Å². The average molecular weight is 317 g/mol. The number of likely N-dealkylation sites (tertiary alicyclic amines) is 1. The number of carbonyl (C=O) groups is 2. The van der Waals surface area contributed by atoms with Crippen molar-refractivity contribution in [2.24, 2.45) is 17.4 Å². The second-order valence-electron chi connectivity index (χ2n) is 6.57. The van der Waals surface area contributed by atoms with E-state index < -0.39 is 11.9 Å². The van der Waals surface area contributed by atoms with Gasteiger partial charge in [0.1, 0.15) is 0 Å². The van der Waals surface area contributed by atoms with E-state index in [0.717, 1.165) is 38.8 Å². The van der Waals surface area contributed by atoms with Gasteiger partial charge in [0.25, 0.3) is 0 Å². The van der Waals surface area contributed by atoms with Crippen LogP contribution in [0.1, 0.15) is 36.8 Å². The number of primary amides is 1. The Morgan fingerprint density at radius 1 is 1.22 bits per heavy atom. The summed E-state index contributed by atoms with van der Waals surface area (Å²) in [6.45, 7) is 3.55. The largest absolute Gasteiger partial charge is 0.370 e. The van der Waals surface area contributed by atoms with Crippen LogP contribution in [0, 0.1) is 12.8 Å². The summed E-state index contributed by atoms with van der Waals surface area (Å²) in [6.07, 6.45) is 4.16. The molecule has 0 aromatic heterocycles. The van der Waals surface area contributed by atoms with Crippen LogP contribution in [0.4, 0.5) is 0 Å². The van der Waals surface area contributed by atoms with Crippen LogP contribution in [0.25, 0.3) is 0 Å². The minimum Gasteiger partial charge on any atom is -0.370 e. The van der Waals surface area contributed by atoms with Crippen molar-refractivity contribution in [3.05, 3.63) is 35.4 Å². The number of rotatable bonds is 6. The quantitative estimate of drug-likeness (QED) is 0.830. The maximum absolute atomic E-state index is 12.1. The molecule has 1 heterocycles. The molecular weight excluding hydrogens is 290 g/mol. The second kappa shape index (κ2) is 8.11. The first-order valence-corrected chi connectivity index (χ1v) is 8.34. The van der Waals surface area contributed by atoms with Crippen molar-refractivity contribution in [1.82, 2.24) is 4.90 Å². The van der Waals surface area contributed by atoms with Gasteiger partial charge in [-0.2, -0.15) is 0 Å². The van der Waals surface area contributed by atoms with Gasteiger partial charge in [0.2, 0.25) is 11.8 Å². The summed E-state index contributed by atoms with van der Waals surface area (Å²) in [5.41, 5.74) is 13.5. The summed E-state index contributed by atoms with van der Waals surface area (Å²) in [5.74, 6) is -0.0349. The molecule has 0 bridgehead atoms. The van der Waals surface area contributed by atoms with E-state index in [9.17, 15) is 9.59 Å². The van der Waals surface area contributed by atoms with Crippen molar-refractivity contribution in [2.45, 2.75) is 45.1 Å². The third-order valence-corrected chi connectivity index (χ3v) is 4.63. The molecule has 1 fully saturated rings. The Hall–Kier alpha value is -1.88. The fourth-order valence-electron chi connectivity index (χ4n) is 3.11. The number of aryl methyl sites for hydroxylation is 2. The van der Waals surface area contributed by atoms with Crippen molar-refractivity contribution >= 4 is 11.8 Å². The number of carbonyl (C=O) groups excluding carboxylic acids is 2. The van der Waals surface area contributed by atoms with E-state index in [4.69, 9.17) is 11.5 Å². The molecule has 1 atom stereocenters. The van der Waals surface area contributed by atoms with Gasteiger partial charge in [-0.1, -0.05) is 29.8 Å². The standard InChI is InChI=1S/C18H27N3O2/c1-13-2-4-14(5-3-13)6-7-15-8-10-21(11-9-15)18(23)16(19)12-17(20)22/h2-5,15-16H,6-12,19H2,1H3,(H2,20,22). The molecule has 126 valence electrons. The van der Waals surface area contributed by atoms with Crippen LogP contribution in [0.15, 0.2) is 24.3 Å². The van der Waals surface area contributed by atoms with Gasteiger partial charge in [-0.3, -0.25) is 9.59 Å². The summed E-state index contributed by atoms with van der Waals surface area (Å²) in [7, 11) is 0. The van der Waals surface area contributed by atoms with Crippen molar-refractivity contribution < 1.29 is 9.59 Å². The molecule has 1 aromatic rings. The van der Waals surface area contributed by atoms with Crippen molar-refractivity contribution in [2.75, 3.05) is 13.1 Å². The molecule has 1 unspecified atom stereocenters. The summed E-state index contributed by atoms with van der Waals surface area (Å²) < 4.78 is 0. The molecular formula is C18H27N3O2. The third-order valence-electron chi connectivity index (χ3n) is 4.63. The highest BCUT2D eigenvalue weighted by atomic mass is 16.2. The molecule has 0 saturated carbocycles. The number of hydrogen-bond donors (Lipinski definition) is 2. The number of amides is 2.